The van der Waals surface area contributed by atoms with Crippen LogP contribution in [0, 0.1) is 11.2 Å². The molecule has 0 radical (unpaired) electrons. The van der Waals surface area contributed by atoms with Gasteiger partial charge < -0.3 is 10.5 Å². The van der Waals surface area contributed by atoms with Crippen LogP contribution >= 0.6 is 23.2 Å². The molecule has 0 bridgehead atoms. The fourth-order valence-electron chi connectivity index (χ4n) is 1.70. The highest BCUT2D eigenvalue weighted by Crippen LogP contribution is 2.27. The van der Waals surface area contributed by atoms with E-state index < -0.39 is 5.82 Å². The van der Waals surface area contributed by atoms with Gasteiger partial charge in [-0.25, -0.2) is 4.39 Å². The van der Waals surface area contributed by atoms with Crippen LogP contribution in [0.15, 0.2) is 36.4 Å². The zero-order chi connectivity index (χ0) is 14.7. The Bertz CT molecular complexity index is 662. The predicted octanol–water partition coefficient (Wildman–Crippen LogP) is 4.00. The zero-order valence-corrected chi connectivity index (χ0v) is 11.8. The van der Waals surface area contributed by atoms with Crippen LogP contribution < -0.4 is 10.5 Å². The molecule has 2 aromatic carbocycles. The quantitative estimate of drug-likeness (QED) is 0.662. The van der Waals surface area contributed by atoms with Crippen LogP contribution in [0.1, 0.15) is 11.1 Å². The van der Waals surface area contributed by atoms with Gasteiger partial charge in [0.15, 0.2) is 0 Å². The minimum atomic E-state index is -0.416. The van der Waals surface area contributed by atoms with Gasteiger partial charge in [-0.3, -0.25) is 5.41 Å². The summed E-state index contributed by atoms with van der Waals surface area (Å²) in [5.41, 5.74) is 6.06. The highest BCUT2D eigenvalue weighted by Gasteiger charge is 2.12. The van der Waals surface area contributed by atoms with Gasteiger partial charge in [0.25, 0.3) is 0 Å². The van der Waals surface area contributed by atoms with Gasteiger partial charge in [-0.05, 0) is 30.3 Å². The van der Waals surface area contributed by atoms with E-state index in [2.05, 4.69) is 0 Å². The second-order valence-electron chi connectivity index (χ2n) is 4.05. The van der Waals surface area contributed by atoms with Crippen molar-refractivity contribution >= 4 is 29.0 Å². The SMILES string of the molecule is N=C(N)c1c(Cl)cccc1OCc1cc(Cl)ccc1F. The van der Waals surface area contributed by atoms with Gasteiger partial charge in [0.05, 0.1) is 10.6 Å². The van der Waals surface area contributed by atoms with Crippen LogP contribution in [0.25, 0.3) is 0 Å². The molecule has 2 aromatic rings. The van der Waals surface area contributed by atoms with Gasteiger partial charge in [-0.15, -0.1) is 0 Å². The summed E-state index contributed by atoms with van der Waals surface area (Å²) in [5, 5.41) is 8.22. The lowest BCUT2D eigenvalue weighted by molar-refractivity contribution is 0.299. The number of ether oxygens (including phenoxy) is 1. The smallest absolute Gasteiger partial charge is 0.132 e. The summed E-state index contributed by atoms with van der Waals surface area (Å²) in [6, 6.07) is 9.09. The number of nitrogen functional groups attached to an aromatic ring is 1. The van der Waals surface area contributed by atoms with Crippen molar-refractivity contribution in [3.63, 3.8) is 0 Å². The van der Waals surface area contributed by atoms with Crippen molar-refractivity contribution in [2.75, 3.05) is 0 Å². The monoisotopic (exact) mass is 312 g/mol. The van der Waals surface area contributed by atoms with E-state index in [0.29, 0.717) is 21.4 Å². The molecular formula is C14H11Cl2FN2O. The summed E-state index contributed by atoms with van der Waals surface area (Å²) in [7, 11) is 0. The molecule has 0 amide bonds. The summed E-state index contributed by atoms with van der Waals surface area (Å²) in [6.45, 7) is -0.0347. The van der Waals surface area contributed by atoms with Crippen LogP contribution in [0.4, 0.5) is 4.39 Å². The van der Waals surface area contributed by atoms with Crippen LogP contribution in [0.5, 0.6) is 5.75 Å². The van der Waals surface area contributed by atoms with E-state index in [4.69, 9.17) is 39.1 Å². The Hall–Kier alpha value is -1.78. The number of halogens is 3. The van der Waals surface area contributed by atoms with Gasteiger partial charge in [0.1, 0.15) is 24.0 Å². The molecule has 0 unspecified atom stereocenters. The van der Waals surface area contributed by atoms with E-state index in [1.54, 1.807) is 18.2 Å². The molecule has 104 valence electrons. The molecule has 0 fully saturated rings. The minimum Gasteiger partial charge on any atom is -0.488 e. The molecular weight excluding hydrogens is 302 g/mol. The average Bonchev–Trinajstić information content (AvgIpc) is 2.39. The Morgan fingerprint density at radius 2 is 2.00 bits per heavy atom. The maximum absolute atomic E-state index is 13.6. The van der Waals surface area contributed by atoms with Crippen molar-refractivity contribution < 1.29 is 9.13 Å². The van der Waals surface area contributed by atoms with Crippen LogP contribution in [0.2, 0.25) is 10.0 Å². The summed E-state index contributed by atoms with van der Waals surface area (Å²) in [5.74, 6) is -0.303. The Morgan fingerprint density at radius 3 is 2.70 bits per heavy atom. The first-order valence-electron chi connectivity index (χ1n) is 5.68. The number of amidine groups is 1. The lowest BCUT2D eigenvalue weighted by Crippen LogP contribution is -2.14. The maximum atomic E-state index is 13.6. The number of nitrogens with one attached hydrogen (secondary N) is 1. The van der Waals surface area contributed by atoms with Crippen molar-refractivity contribution in [2.45, 2.75) is 6.61 Å². The van der Waals surface area contributed by atoms with Crippen LogP contribution in [-0.4, -0.2) is 5.84 Å². The Labute approximate surface area is 125 Å². The van der Waals surface area contributed by atoms with Gasteiger partial charge >= 0.3 is 0 Å². The average molecular weight is 313 g/mol. The molecule has 0 spiro atoms. The Kier molecular flexibility index (Phi) is 4.47. The van der Waals surface area contributed by atoms with Gasteiger partial charge in [-0.1, -0.05) is 29.3 Å². The Morgan fingerprint density at radius 1 is 1.25 bits per heavy atom. The van der Waals surface area contributed by atoms with Crippen LogP contribution in [0.3, 0.4) is 0 Å². The molecule has 0 aliphatic heterocycles. The van der Waals surface area contributed by atoms with Crippen molar-refractivity contribution in [1.29, 1.82) is 5.41 Å². The van der Waals surface area contributed by atoms with Gasteiger partial charge in [0, 0.05) is 10.6 Å². The molecule has 0 aliphatic carbocycles. The first kappa shape index (κ1) is 14.6. The predicted molar refractivity (Wildman–Crippen MR) is 78.2 cm³/mol. The normalized spacial score (nSPS) is 10.3. The second-order valence-corrected chi connectivity index (χ2v) is 4.89. The van der Waals surface area contributed by atoms with Gasteiger partial charge in [-0.2, -0.15) is 0 Å². The topological polar surface area (TPSA) is 59.1 Å². The fraction of sp³-hybridized carbons (Fsp3) is 0.0714. The van der Waals surface area contributed by atoms with E-state index >= 15 is 0 Å². The number of hydrogen-bond donors (Lipinski definition) is 2. The molecule has 3 N–H and O–H groups in total. The molecule has 3 nitrogen and oxygen atoms in total. The number of rotatable bonds is 4. The van der Waals surface area contributed by atoms with Crippen LogP contribution in [-0.2, 0) is 6.61 Å². The third kappa shape index (κ3) is 3.21. The summed E-state index contributed by atoms with van der Waals surface area (Å²) >= 11 is 11.8. The van der Waals surface area contributed by atoms with E-state index in [0.717, 1.165) is 0 Å². The van der Waals surface area contributed by atoms with Crippen molar-refractivity contribution in [3.8, 4) is 5.75 Å². The molecule has 6 heteroatoms. The number of hydrogen-bond acceptors (Lipinski definition) is 2. The number of benzene rings is 2. The standard InChI is InChI=1S/C14H11Cl2FN2O/c15-9-4-5-11(17)8(6-9)7-20-12-3-1-2-10(16)13(12)14(18)19/h1-6H,7H2,(H3,18,19). The van der Waals surface area contributed by atoms with E-state index in [1.807, 2.05) is 0 Å². The molecule has 20 heavy (non-hydrogen) atoms. The lowest BCUT2D eigenvalue weighted by atomic mass is 10.2. The zero-order valence-electron chi connectivity index (χ0n) is 10.3. The lowest BCUT2D eigenvalue weighted by Gasteiger charge is -2.12. The fourth-order valence-corrected chi connectivity index (χ4v) is 2.16. The number of nitrogens with two attached hydrogens (primary N) is 1. The first-order valence-corrected chi connectivity index (χ1v) is 6.44. The molecule has 0 aromatic heterocycles. The van der Waals surface area contributed by atoms with Crippen molar-refractivity contribution in [2.24, 2.45) is 5.73 Å². The largest absolute Gasteiger partial charge is 0.488 e. The van der Waals surface area contributed by atoms with E-state index in [9.17, 15) is 4.39 Å². The minimum absolute atomic E-state index is 0.0347. The third-order valence-corrected chi connectivity index (χ3v) is 3.19. The third-order valence-electron chi connectivity index (χ3n) is 2.64. The highest BCUT2D eigenvalue weighted by atomic mass is 35.5. The molecule has 0 aliphatic rings. The Balaban J connectivity index is 2.25. The first-order chi connectivity index (χ1) is 9.49. The van der Waals surface area contributed by atoms with Gasteiger partial charge in [0.2, 0.25) is 0 Å². The highest BCUT2D eigenvalue weighted by molar-refractivity contribution is 6.34. The summed E-state index contributed by atoms with van der Waals surface area (Å²) in [6.07, 6.45) is 0. The van der Waals surface area contributed by atoms with Crippen molar-refractivity contribution in [3.05, 3.63) is 63.4 Å². The molecule has 0 atom stereocenters. The second kappa shape index (κ2) is 6.11. The molecule has 0 heterocycles. The molecule has 0 saturated heterocycles. The summed E-state index contributed by atoms with van der Waals surface area (Å²) < 4.78 is 19.1. The molecule has 0 saturated carbocycles. The summed E-state index contributed by atoms with van der Waals surface area (Å²) in [4.78, 5) is 0. The van der Waals surface area contributed by atoms with E-state index in [-0.39, 0.29) is 18.0 Å². The van der Waals surface area contributed by atoms with E-state index in [1.165, 1.54) is 18.2 Å². The maximum Gasteiger partial charge on any atom is 0.132 e. The molecule has 2 rings (SSSR count). The van der Waals surface area contributed by atoms with Crippen molar-refractivity contribution in [1.82, 2.24) is 0 Å².